The molecule has 1 fully saturated rings. The van der Waals surface area contributed by atoms with Gasteiger partial charge < -0.3 is 9.80 Å². The largest absolute Gasteiger partial charge is 0.369 e. The van der Waals surface area contributed by atoms with Gasteiger partial charge in [0, 0.05) is 24.0 Å². The monoisotopic (exact) mass is 289 g/mol. The van der Waals surface area contributed by atoms with Gasteiger partial charge in [-0.3, -0.25) is 0 Å². The SMILES string of the molecule is CCSc1cccc(N2CCCC(N(C)C)C2)c1C#N. The number of piperidine rings is 1. The predicted octanol–water partition coefficient (Wildman–Crippen LogP) is 3.20. The number of nitriles is 1. The average molecular weight is 289 g/mol. The van der Waals surface area contributed by atoms with Crippen molar-refractivity contribution < 1.29 is 0 Å². The van der Waals surface area contributed by atoms with E-state index < -0.39 is 0 Å². The van der Waals surface area contributed by atoms with Gasteiger partial charge in [0.25, 0.3) is 0 Å². The van der Waals surface area contributed by atoms with Crippen molar-refractivity contribution in [2.45, 2.75) is 30.7 Å². The second-order valence-electron chi connectivity index (χ2n) is 5.40. The van der Waals surface area contributed by atoms with E-state index >= 15 is 0 Å². The van der Waals surface area contributed by atoms with Crippen molar-refractivity contribution in [3.05, 3.63) is 23.8 Å². The van der Waals surface area contributed by atoms with Crippen LogP contribution in [0.3, 0.4) is 0 Å². The summed E-state index contributed by atoms with van der Waals surface area (Å²) in [5.41, 5.74) is 1.95. The Kier molecular flexibility index (Phi) is 5.33. The van der Waals surface area contributed by atoms with Crippen molar-refractivity contribution >= 4 is 17.4 Å². The summed E-state index contributed by atoms with van der Waals surface area (Å²) < 4.78 is 0. The fourth-order valence-electron chi connectivity index (χ4n) is 2.77. The molecule has 0 aliphatic carbocycles. The zero-order chi connectivity index (χ0) is 14.5. The lowest BCUT2D eigenvalue weighted by Crippen LogP contribution is -2.45. The molecule has 1 heterocycles. The van der Waals surface area contributed by atoms with Crippen LogP contribution in [0, 0.1) is 11.3 Å². The quantitative estimate of drug-likeness (QED) is 0.796. The lowest BCUT2D eigenvalue weighted by atomic mass is 10.0. The minimum atomic E-state index is 0.581. The van der Waals surface area contributed by atoms with Crippen molar-refractivity contribution in [3.8, 4) is 6.07 Å². The standard InChI is InChI=1S/C16H23N3S/c1-4-20-16-9-5-8-15(14(16)11-17)19-10-6-7-13(12-19)18(2)3/h5,8-9,13H,4,6-7,10,12H2,1-3H3. The summed E-state index contributed by atoms with van der Waals surface area (Å²) in [5.74, 6) is 0.998. The Bertz CT molecular complexity index is 493. The highest BCUT2D eigenvalue weighted by molar-refractivity contribution is 7.99. The molecule has 20 heavy (non-hydrogen) atoms. The molecule has 4 heteroatoms. The number of likely N-dealkylation sites (N-methyl/N-ethyl adjacent to an activating group) is 1. The highest BCUT2D eigenvalue weighted by atomic mass is 32.2. The van der Waals surface area contributed by atoms with Crippen LogP contribution in [-0.2, 0) is 0 Å². The van der Waals surface area contributed by atoms with Crippen LogP contribution in [0.1, 0.15) is 25.3 Å². The molecular formula is C16H23N3S. The van der Waals surface area contributed by atoms with Gasteiger partial charge in [0.05, 0.1) is 11.3 Å². The number of rotatable bonds is 4. The third kappa shape index (κ3) is 3.28. The van der Waals surface area contributed by atoms with Crippen molar-refractivity contribution in [2.24, 2.45) is 0 Å². The van der Waals surface area contributed by atoms with Gasteiger partial charge in [-0.15, -0.1) is 11.8 Å². The number of thioether (sulfide) groups is 1. The average Bonchev–Trinajstić information content (AvgIpc) is 2.47. The molecule has 1 atom stereocenters. The Balaban J connectivity index is 2.28. The molecule has 3 nitrogen and oxygen atoms in total. The van der Waals surface area contributed by atoms with Crippen LogP contribution in [0.5, 0.6) is 0 Å². The lowest BCUT2D eigenvalue weighted by molar-refractivity contribution is 0.258. The maximum Gasteiger partial charge on any atom is 0.103 e. The van der Waals surface area contributed by atoms with E-state index in [4.69, 9.17) is 0 Å². The topological polar surface area (TPSA) is 30.3 Å². The van der Waals surface area contributed by atoms with Crippen LogP contribution in [0.15, 0.2) is 23.1 Å². The molecule has 1 saturated heterocycles. The van der Waals surface area contributed by atoms with Crippen LogP contribution in [0.25, 0.3) is 0 Å². The highest BCUT2D eigenvalue weighted by Gasteiger charge is 2.23. The first-order valence-electron chi connectivity index (χ1n) is 7.24. The van der Waals surface area contributed by atoms with E-state index in [2.05, 4.69) is 55.1 Å². The summed E-state index contributed by atoms with van der Waals surface area (Å²) in [6.45, 7) is 4.20. The zero-order valence-electron chi connectivity index (χ0n) is 12.6. The van der Waals surface area contributed by atoms with Crippen LogP contribution >= 0.6 is 11.8 Å². The van der Waals surface area contributed by atoms with E-state index in [1.165, 1.54) is 12.8 Å². The van der Waals surface area contributed by atoms with Gasteiger partial charge in [-0.25, -0.2) is 0 Å². The summed E-state index contributed by atoms with van der Waals surface area (Å²) in [6, 6.07) is 9.23. The maximum absolute atomic E-state index is 9.53. The molecule has 2 rings (SSSR count). The van der Waals surface area contributed by atoms with Gasteiger partial charge in [-0.1, -0.05) is 13.0 Å². The van der Waals surface area contributed by atoms with Gasteiger partial charge in [0.1, 0.15) is 6.07 Å². The number of nitrogens with zero attached hydrogens (tertiary/aromatic N) is 3. The summed E-state index contributed by atoms with van der Waals surface area (Å²) in [7, 11) is 4.28. The summed E-state index contributed by atoms with van der Waals surface area (Å²) >= 11 is 1.75. The maximum atomic E-state index is 9.53. The number of hydrogen-bond donors (Lipinski definition) is 0. The first-order valence-corrected chi connectivity index (χ1v) is 8.23. The van der Waals surface area contributed by atoms with Crippen LogP contribution in [0.2, 0.25) is 0 Å². The van der Waals surface area contributed by atoms with Crippen molar-refractivity contribution in [2.75, 3.05) is 37.8 Å². The number of anilines is 1. The molecule has 0 aromatic heterocycles. The number of hydrogen-bond acceptors (Lipinski definition) is 4. The van der Waals surface area contributed by atoms with Gasteiger partial charge in [-0.05, 0) is 44.8 Å². The molecule has 1 aliphatic heterocycles. The molecule has 1 aromatic carbocycles. The Morgan fingerprint density at radius 1 is 1.45 bits per heavy atom. The molecule has 0 saturated carbocycles. The molecule has 108 valence electrons. The first kappa shape index (κ1) is 15.2. The Hall–Kier alpha value is -1.18. The fraction of sp³-hybridized carbons (Fsp3) is 0.562. The van der Waals surface area contributed by atoms with E-state index in [9.17, 15) is 5.26 Å². The van der Waals surface area contributed by atoms with Crippen molar-refractivity contribution in [1.29, 1.82) is 5.26 Å². The fourth-order valence-corrected chi connectivity index (χ4v) is 3.55. The molecular weight excluding hydrogens is 266 g/mol. The minimum Gasteiger partial charge on any atom is -0.369 e. The molecule has 0 amide bonds. The van der Waals surface area contributed by atoms with Crippen LogP contribution in [0.4, 0.5) is 5.69 Å². The third-order valence-corrected chi connectivity index (χ3v) is 4.82. The normalized spacial score (nSPS) is 19.1. The van der Waals surface area contributed by atoms with Gasteiger partial charge >= 0.3 is 0 Å². The van der Waals surface area contributed by atoms with E-state index in [0.29, 0.717) is 6.04 Å². The predicted molar refractivity (Wildman–Crippen MR) is 86.5 cm³/mol. The third-order valence-electron chi connectivity index (χ3n) is 3.88. The molecule has 0 N–H and O–H groups in total. The van der Waals surface area contributed by atoms with Crippen molar-refractivity contribution in [3.63, 3.8) is 0 Å². The minimum absolute atomic E-state index is 0.581. The first-order chi connectivity index (χ1) is 9.67. The Morgan fingerprint density at radius 3 is 2.90 bits per heavy atom. The van der Waals surface area contributed by atoms with Gasteiger partial charge in [0.15, 0.2) is 0 Å². The summed E-state index contributed by atoms with van der Waals surface area (Å²) in [5, 5.41) is 9.53. The van der Waals surface area contributed by atoms with E-state index in [1.807, 2.05) is 0 Å². The van der Waals surface area contributed by atoms with Crippen LogP contribution < -0.4 is 4.90 Å². The lowest BCUT2D eigenvalue weighted by Gasteiger charge is -2.38. The molecule has 0 radical (unpaired) electrons. The molecule has 0 spiro atoms. The Labute approximate surface area is 126 Å². The van der Waals surface area contributed by atoms with E-state index in [1.54, 1.807) is 11.8 Å². The highest BCUT2D eigenvalue weighted by Crippen LogP contribution is 2.32. The molecule has 0 bridgehead atoms. The summed E-state index contributed by atoms with van der Waals surface area (Å²) in [4.78, 5) is 5.79. The van der Waals surface area contributed by atoms with E-state index in [0.717, 1.165) is 35.0 Å². The smallest absolute Gasteiger partial charge is 0.103 e. The number of benzene rings is 1. The zero-order valence-corrected chi connectivity index (χ0v) is 13.4. The summed E-state index contributed by atoms with van der Waals surface area (Å²) in [6.07, 6.45) is 2.44. The molecule has 1 aliphatic rings. The van der Waals surface area contributed by atoms with Gasteiger partial charge in [-0.2, -0.15) is 5.26 Å². The van der Waals surface area contributed by atoms with Crippen LogP contribution in [-0.4, -0.2) is 43.9 Å². The van der Waals surface area contributed by atoms with Gasteiger partial charge in [0.2, 0.25) is 0 Å². The second-order valence-corrected chi connectivity index (χ2v) is 6.71. The van der Waals surface area contributed by atoms with E-state index in [-0.39, 0.29) is 0 Å². The second kappa shape index (κ2) is 7.01. The molecule has 1 unspecified atom stereocenters. The Morgan fingerprint density at radius 2 is 2.25 bits per heavy atom. The van der Waals surface area contributed by atoms with Crippen molar-refractivity contribution in [1.82, 2.24) is 4.90 Å². The molecule has 1 aromatic rings.